The number of aromatic nitrogens is 2. The van der Waals surface area contributed by atoms with Crippen LogP contribution in [0.25, 0.3) is 0 Å². The second-order valence-electron chi connectivity index (χ2n) is 4.71. The lowest BCUT2D eigenvalue weighted by Crippen LogP contribution is -2.15. The maximum atomic E-state index is 5.02. The van der Waals surface area contributed by atoms with E-state index >= 15 is 0 Å². The van der Waals surface area contributed by atoms with Crippen molar-refractivity contribution in [3.05, 3.63) is 12.4 Å². The fraction of sp³-hybridized carbons (Fsp3) is 0.750. The maximum Gasteiger partial charge on any atom is 0.0728 e. The topological polar surface area (TPSA) is 39.1 Å². The van der Waals surface area contributed by atoms with E-state index in [9.17, 15) is 0 Å². The molecule has 1 N–H and O–H groups in total. The van der Waals surface area contributed by atoms with E-state index in [1.807, 2.05) is 17.1 Å². The van der Waals surface area contributed by atoms with E-state index in [1.165, 1.54) is 19.3 Å². The first-order valence-electron chi connectivity index (χ1n) is 6.06. The Labute approximate surface area is 97.0 Å². The molecule has 1 fully saturated rings. The highest BCUT2D eigenvalue weighted by Gasteiger charge is 2.23. The van der Waals surface area contributed by atoms with Crippen LogP contribution in [0, 0.1) is 5.92 Å². The summed E-state index contributed by atoms with van der Waals surface area (Å²) in [6.07, 6.45) is 8.04. The molecule has 1 aliphatic carbocycles. The maximum absolute atomic E-state index is 5.02. The molecule has 16 heavy (non-hydrogen) atoms. The van der Waals surface area contributed by atoms with Gasteiger partial charge in [-0.05, 0) is 19.3 Å². The summed E-state index contributed by atoms with van der Waals surface area (Å²) in [4.78, 5) is 0. The Morgan fingerprint density at radius 3 is 3.12 bits per heavy atom. The van der Waals surface area contributed by atoms with Gasteiger partial charge in [0.1, 0.15) is 0 Å². The van der Waals surface area contributed by atoms with Crippen LogP contribution in [0.4, 0.5) is 5.69 Å². The highest BCUT2D eigenvalue weighted by Crippen LogP contribution is 2.33. The van der Waals surface area contributed by atoms with E-state index in [0.717, 1.165) is 18.2 Å². The lowest BCUT2D eigenvalue weighted by atomic mass is 10.1. The summed E-state index contributed by atoms with van der Waals surface area (Å²) in [6.45, 7) is 3.76. The first-order valence-corrected chi connectivity index (χ1v) is 6.06. The van der Waals surface area contributed by atoms with Crippen molar-refractivity contribution in [1.29, 1.82) is 0 Å². The van der Waals surface area contributed by atoms with Crippen LogP contribution in [0.2, 0.25) is 0 Å². The Morgan fingerprint density at radius 2 is 2.44 bits per heavy atom. The number of nitrogens with zero attached hydrogens (tertiary/aromatic N) is 2. The molecule has 1 unspecified atom stereocenters. The van der Waals surface area contributed by atoms with Gasteiger partial charge in [0.25, 0.3) is 0 Å². The molecule has 0 aromatic carbocycles. The summed E-state index contributed by atoms with van der Waals surface area (Å²) in [5.41, 5.74) is 1.12. The number of anilines is 1. The van der Waals surface area contributed by atoms with Crippen LogP contribution in [-0.2, 0) is 11.3 Å². The van der Waals surface area contributed by atoms with Gasteiger partial charge >= 0.3 is 0 Å². The number of methoxy groups -OCH3 is 1. The van der Waals surface area contributed by atoms with E-state index in [0.29, 0.717) is 12.6 Å². The molecule has 1 aromatic rings. The lowest BCUT2D eigenvalue weighted by Gasteiger charge is -2.12. The largest absolute Gasteiger partial charge is 0.383 e. The molecule has 1 atom stereocenters. The molecule has 2 rings (SSSR count). The second kappa shape index (κ2) is 5.34. The van der Waals surface area contributed by atoms with Gasteiger partial charge in [-0.25, -0.2) is 0 Å². The first kappa shape index (κ1) is 11.5. The monoisotopic (exact) mass is 223 g/mol. The van der Waals surface area contributed by atoms with Crippen molar-refractivity contribution in [2.75, 3.05) is 19.0 Å². The third kappa shape index (κ3) is 3.52. The molecule has 0 radical (unpaired) electrons. The minimum Gasteiger partial charge on any atom is -0.383 e. The zero-order valence-electron chi connectivity index (χ0n) is 10.1. The van der Waals surface area contributed by atoms with Gasteiger partial charge in [-0.3, -0.25) is 4.68 Å². The quantitative estimate of drug-likeness (QED) is 0.769. The van der Waals surface area contributed by atoms with Crippen LogP contribution >= 0.6 is 0 Å². The van der Waals surface area contributed by atoms with Crippen LogP contribution in [0.5, 0.6) is 0 Å². The molecular weight excluding hydrogens is 202 g/mol. The molecular formula is C12H21N3O. The Hall–Kier alpha value is -1.03. The molecule has 4 heteroatoms. The molecule has 0 amide bonds. The van der Waals surface area contributed by atoms with Gasteiger partial charge in [-0.15, -0.1) is 0 Å². The standard InChI is InChI=1S/C12H21N3O/c1-10(7-11-3-4-11)14-12-8-13-15(9-12)5-6-16-2/h8-11,14H,3-7H2,1-2H3. The van der Waals surface area contributed by atoms with Crippen molar-refractivity contribution < 1.29 is 4.74 Å². The molecule has 0 aliphatic heterocycles. The van der Waals surface area contributed by atoms with E-state index < -0.39 is 0 Å². The van der Waals surface area contributed by atoms with Crippen LogP contribution in [0.15, 0.2) is 12.4 Å². The number of ether oxygens (including phenoxy) is 1. The molecule has 4 nitrogen and oxygen atoms in total. The molecule has 1 aliphatic rings. The van der Waals surface area contributed by atoms with Gasteiger partial charge < -0.3 is 10.1 Å². The zero-order valence-corrected chi connectivity index (χ0v) is 10.1. The van der Waals surface area contributed by atoms with Gasteiger partial charge in [0.05, 0.1) is 25.0 Å². The number of rotatable bonds is 7. The highest BCUT2D eigenvalue weighted by molar-refractivity contribution is 5.39. The van der Waals surface area contributed by atoms with E-state index in [-0.39, 0.29) is 0 Å². The Kier molecular flexibility index (Phi) is 3.83. The van der Waals surface area contributed by atoms with E-state index in [2.05, 4.69) is 17.3 Å². The van der Waals surface area contributed by atoms with Gasteiger partial charge in [-0.2, -0.15) is 5.10 Å². The summed E-state index contributed by atoms with van der Waals surface area (Å²) in [5.74, 6) is 0.964. The van der Waals surface area contributed by atoms with Crippen molar-refractivity contribution in [2.45, 2.75) is 38.8 Å². The van der Waals surface area contributed by atoms with Crippen LogP contribution in [0.1, 0.15) is 26.2 Å². The van der Waals surface area contributed by atoms with Crippen molar-refractivity contribution >= 4 is 5.69 Å². The third-order valence-corrected chi connectivity index (χ3v) is 2.95. The predicted octanol–water partition coefficient (Wildman–Crippen LogP) is 2.13. The average molecular weight is 223 g/mol. The summed E-state index contributed by atoms with van der Waals surface area (Å²) < 4.78 is 6.93. The zero-order chi connectivity index (χ0) is 11.4. The molecule has 0 saturated heterocycles. The number of nitrogens with one attached hydrogen (secondary N) is 1. The Balaban J connectivity index is 1.76. The summed E-state index contributed by atoms with van der Waals surface area (Å²) in [6, 6.07) is 0.549. The molecule has 90 valence electrons. The summed E-state index contributed by atoms with van der Waals surface area (Å²) in [5, 5.41) is 7.76. The second-order valence-corrected chi connectivity index (χ2v) is 4.71. The lowest BCUT2D eigenvalue weighted by molar-refractivity contribution is 0.183. The smallest absolute Gasteiger partial charge is 0.0728 e. The number of hydrogen-bond donors (Lipinski definition) is 1. The average Bonchev–Trinajstić information content (AvgIpc) is 2.94. The first-order chi connectivity index (χ1) is 7.78. The van der Waals surface area contributed by atoms with Crippen molar-refractivity contribution in [3.8, 4) is 0 Å². The molecule has 0 bridgehead atoms. The van der Waals surface area contributed by atoms with E-state index in [1.54, 1.807) is 7.11 Å². The van der Waals surface area contributed by atoms with Gasteiger partial charge in [0.2, 0.25) is 0 Å². The van der Waals surface area contributed by atoms with Crippen molar-refractivity contribution in [1.82, 2.24) is 9.78 Å². The normalized spacial score (nSPS) is 17.4. The van der Waals surface area contributed by atoms with Crippen LogP contribution < -0.4 is 5.32 Å². The fourth-order valence-corrected chi connectivity index (χ4v) is 1.94. The Bertz CT molecular complexity index is 320. The Morgan fingerprint density at radius 1 is 1.62 bits per heavy atom. The number of hydrogen-bond acceptors (Lipinski definition) is 3. The third-order valence-electron chi connectivity index (χ3n) is 2.95. The molecule has 0 spiro atoms. The molecule has 1 aromatic heterocycles. The van der Waals surface area contributed by atoms with Crippen LogP contribution in [-0.4, -0.2) is 29.5 Å². The van der Waals surface area contributed by atoms with Crippen molar-refractivity contribution in [3.63, 3.8) is 0 Å². The minimum atomic E-state index is 0.549. The minimum absolute atomic E-state index is 0.549. The predicted molar refractivity (Wildman–Crippen MR) is 64.5 cm³/mol. The SMILES string of the molecule is COCCn1cc(NC(C)CC2CC2)cn1. The molecule has 1 heterocycles. The fourth-order valence-electron chi connectivity index (χ4n) is 1.94. The van der Waals surface area contributed by atoms with Gasteiger partial charge in [0, 0.05) is 19.3 Å². The summed E-state index contributed by atoms with van der Waals surface area (Å²) in [7, 11) is 1.71. The van der Waals surface area contributed by atoms with E-state index in [4.69, 9.17) is 4.74 Å². The molecule has 1 saturated carbocycles. The summed E-state index contributed by atoms with van der Waals surface area (Å²) >= 11 is 0. The van der Waals surface area contributed by atoms with Crippen molar-refractivity contribution in [2.24, 2.45) is 5.92 Å². The van der Waals surface area contributed by atoms with Gasteiger partial charge in [0.15, 0.2) is 0 Å². The highest BCUT2D eigenvalue weighted by atomic mass is 16.5. The van der Waals surface area contributed by atoms with Crippen LogP contribution in [0.3, 0.4) is 0 Å². The van der Waals surface area contributed by atoms with Gasteiger partial charge in [-0.1, -0.05) is 12.8 Å².